The molecule has 0 fully saturated rings. The van der Waals surface area contributed by atoms with Crippen molar-refractivity contribution >= 4 is 34.8 Å². The molecule has 17 heavy (non-hydrogen) atoms. The van der Waals surface area contributed by atoms with E-state index in [4.69, 9.17) is 39.5 Å². The fourth-order valence-corrected chi connectivity index (χ4v) is 1.81. The summed E-state index contributed by atoms with van der Waals surface area (Å²) < 4.78 is 5.45. The number of aromatic hydroxyl groups is 1. The average molecular weight is 290 g/mol. The Bertz CT molecular complexity index is 535. The fourth-order valence-electron chi connectivity index (χ4n) is 1.27. The van der Waals surface area contributed by atoms with Gasteiger partial charge in [0.2, 0.25) is 0 Å². The molecule has 88 valence electrons. The van der Waals surface area contributed by atoms with E-state index in [0.717, 1.165) is 0 Å². The first kappa shape index (κ1) is 12.4. The molecule has 0 aromatic heterocycles. The molecule has 5 heteroatoms. The van der Waals surface area contributed by atoms with Crippen molar-refractivity contribution in [2.45, 2.75) is 0 Å². The topological polar surface area (TPSA) is 29.5 Å². The van der Waals surface area contributed by atoms with Crippen molar-refractivity contribution in [3.63, 3.8) is 0 Å². The molecule has 2 rings (SSSR count). The highest BCUT2D eigenvalue weighted by Gasteiger charge is 2.12. The molecule has 0 saturated heterocycles. The van der Waals surface area contributed by atoms with Crippen LogP contribution in [0.4, 0.5) is 0 Å². The van der Waals surface area contributed by atoms with Gasteiger partial charge < -0.3 is 9.84 Å². The predicted molar refractivity (Wildman–Crippen MR) is 69.7 cm³/mol. The second-order valence-electron chi connectivity index (χ2n) is 3.24. The number of phenols is 1. The number of hydrogen-bond acceptors (Lipinski definition) is 2. The van der Waals surface area contributed by atoms with Gasteiger partial charge in [-0.05, 0) is 24.3 Å². The minimum Gasteiger partial charge on any atom is -0.504 e. The maximum Gasteiger partial charge on any atom is 0.187 e. The van der Waals surface area contributed by atoms with Crippen LogP contribution in [0.1, 0.15) is 0 Å². The Morgan fingerprint density at radius 3 is 2.24 bits per heavy atom. The van der Waals surface area contributed by atoms with E-state index in [0.29, 0.717) is 15.8 Å². The number of benzene rings is 2. The summed E-state index contributed by atoms with van der Waals surface area (Å²) in [6.07, 6.45) is 0. The number of rotatable bonds is 2. The van der Waals surface area contributed by atoms with Crippen LogP contribution in [0.3, 0.4) is 0 Å². The van der Waals surface area contributed by atoms with Crippen molar-refractivity contribution in [1.29, 1.82) is 0 Å². The minimum absolute atomic E-state index is 0.0615. The van der Waals surface area contributed by atoms with Crippen LogP contribution < -0.4 is 4.74 Å². The molecular weight excluding hydrogens is 282 g/mol. The molecule has 0 radical (unpaired) electrons. The third-order valence-electron chi connectivity index (χ3n) is 2.07. The van der Waals surface area contributed by atoms with Crippen molar-refractivity contribution in [1.82, 2.24) is 0 Å². The van der Waals surface area contributed by atoms with Gasteiger partial charge in [-0.15, -0.1) is 0 Å². The smallest absolute Gasteiger partial charge is 0.187 e. The summed E-state index contributed by atoms with van der Waals surface area (Å²) in [6.45, 7) is 0. The van der Waals surface area contributed by atoms with Gasteiger partial charge in [0.1, 0.15) is 10.8 Å². The van der Waals surface area contributed by atoms with Crippen LogP contribution in [-0.4, -0.2) is 5.11 Å². The first-order chi connectivity index (χ1) is 8.09. The Kier molecular flexibility index (Phi) is 3.67. The van der Waals surface area contributed by atoms with Crippen molar-refractivity contribution in [2.75, 3.05) is 0 Å². The summed E-state index contributed by atoms with van der Waals surface area (Å²) >= 11 is 17.7. The summed E-state index contributed by atoms with van der Waals surface area (Å²) in [7, 11) is 0. The quantitative estimate of drug-likeness (QED) is 0.829. The Balaban J connectivity index is 2.42. The van der Waals surface area contributed by atoms with Crippen molar-refractivity contribution in [3.8, 4) is 17.2 Å². The molecule has 0 spiro atoms. The lowest BCUT2D eigenvalue weighted by molar-refractivity contribution is 0.411. The summed E-state index contributed by atoms with van der Waals surface area (Å²) in [5, 5.41) is 10.6. The van der Waals surface area contributed by atoms with Gasteiger partial charge in [0.15, 0.2) is 11.5 Å². The van der Waals surface area contributed by atoms with E-state index < -0.39 is 0 Å². The van der Waals surface area contributed by atoms with Crippen LogP contribution in [0, 0.1) is 0 Å². The molecule has 0 aliphatic carbocycles. The van der Waals surface area contributed by atoms with Crippen molar-refractivity contribution < 1.29 is 9.84 Å². The first-order valence-corrected chi connectivity index (χ1v) is 5.82. The Morgan fingerprint density at radius 2 is 1.53 bits per heavy atom. The van der Waals surface area contributed by atoms with E-state index in [1.54, 1.807) is 30.3 Å². The standard InChI is InChI=1S/C12H7Cl3O2/c13-7-3-2-6-10(11(7)15)17-12-8(14)4-1-5-9(12)16/h1-6,16H. The monoisotopic (exact) mass is 288 g/mol. The zero-order chi connectivity index (χ0) is 12.4. The number of phenolic OH excluding ortho intramolecular Hbond substituents is 1. The van der Waals surface area contributed by atoms with Crippen LogP contribution in [0.25, 0.3) is 0 Å². The second kappa shape index (κ2) is 5.05. The molecule has 1 N–H and O–H groups in total. The molecule has 0 amide bonds. The number of para-hydroxylation sites is 1. The molecule has 0 saturated carbocycles. The lowest BCUT2D eigenvalue weighted by atomic mass is 10.3. The van der Waals surface area contributed by atoms with E-state index in [1.165, 1.54) is 6.07 Å². The molecule has 2 nitrogen and oxygen atoms in total. The molecule has 2 aromatic carbocycles. The van der Waals surface area contributed by atoms with E-state index in [1.807, 2.05) is 0 Å². The van der Waals surface area contributed by atoms with E-state index >= 15 is 0 Å². The highest BCUT2D eigenvalue weighted by atomic mass is 35.5. The maximum atomic E-state index is 9.63. The summed E-state index contributed by atoms with van der Waals surface area (Å²) in [5.41, 5.74) is 0. The molecule has 0 heterocycles. The molecule has 0 aliphatic heterocycles. The fraction of sp³-hybridized carbons (Fsp3) is 0. The highest BCUT2D eigenvalue weighted by molar-refractivity contribution is 6.43. The van der Waals surface area contributed by atoms with Crippen LogP contribution in [0.5, 0.6) is 17.2 Å². The number of ether oxygens (including phenoxy) is 1. The van der Waals surface area contributed by atoms with Gasteiger partial charge in [-0.1, -0.05) is 46.9 Å². The largest absolute Gasteiger partial charge is 0.504 e. The lowest BCUT2D eigenvalue weighted by Crippen LogP contribution is -1.87. The molecule has 2 aromatic rings. The molecule has 0 bridgehead atoms. The summed E-state index contributed by atoms with van der Waals surface area (Å²) in [5.74, 6) is 0.425. The van der Waals surface area contributed by atoms with Crippen LogP contribution in [0.2, 0.25) is 15.1 Å². The lowest BCUT2D eigenvalue weighted by Gasteiger charge is -2.10. The molecule has 0 unspecified atom stereocenters. The van der Waals surface area contributed by atoms with Crippen molar-refractivity contribution in [3.05, 3.63) is 51.5 Å². The van der Waals surface area contributed by atoms with E-state index in [2.05, 4.69) is 0 Å². The Hall–Kier alpha value is -1.09. The molecule has 0 aliphatic rings. The third-order valence-corrected chi connectivity index (χ3v) is 3.17. The zero-order valence-corrected chi connectivity index (χ0v) is 10.7. The minimum atomic E-state index is -0.0615. The van der Waals surface area contributed by atoms with Gasteiger partial charge in [-0.2, -0.15) is 0 Å². The van der Waals surface area contributed by atoms with Crippen molar-refractivity contribution in [2.24, 2.45) is 0 Å². The van der Waals surface area contributed by atoms with Gasteiger partial charge in [0.05, 0.1) is 10.0 Å². The van der Waals surface area contributed by atoms with Crippen LogP contribution in [0.15, 0.2) is 36.4 Å². The average Bonchev–Trinajstić information content (AvgIpc) is 2.29. The third kappa shape index (κ3) is 2.60. The summed E-state index contributed by atoms with van der Waals surface area (Å²) in [4.78, 5) is 0. The number of halogens is 3. The van der Waals surface area contributed by atoms with Gasteiger partial charge in [0.25, 0.3) is 0 Å². The predicted octanol–water partition coefficient (Wildman–Crippen LogP) is 5.14. The van der Waals surface area contributed by atoms with E-state index in [-0.39, 0.29) is 16.5 Å². The highest BCUT2D eigenvalue weighted by Crippen LogP contribution is 2.41. The first-order valence-electron chi connectivity index (χ1n) is 4.69. The number of hydrogen-bond donors (Lipinski definition) is 1. The second-order valence-corrected chi connectivity index (χ2v) is 4.43. The molecule has 0 atom stereocenters. The summed E-state index contributed by atoms with van der Waals surface area (Å²) in [6, 6.07) is 9.66. The zero-order valence-electron chi connectivity index (χ0n) is 8.45. The Morgan fingerprint density at radius 1 is 0.882 bits per heavy atom. The SMILES string of the molecule is Oc1cccc(Cl)c1Oc1cccc(Cl)c1Cl. The van der Waals surface area contributed by atoms with E-state index in [9.17, 15) is 5.11 Å². The van der Waals surface area contributed by atoms with Gasteiger partial charge in [-0.25, -0.2) is 0 Å². The van der Waals surface area contributed by atoms with Gasteiger partial charge >= 0.3 is 0 Å². The van der Waals surface area contributed by atoms with Crippen LogP contribution in [-0.2, 0) is 0 Å². The van der Waals surface area contributed by atoms with Crippen LogP contribution >= 0.6 is 34.8 Å². The Labute approximate surface area is 113 Å². The normalized spacial score (nSPS) is 10.3. The molecular formula is C12H7Cl3O2. The maximum absolute atomic E-state index is 9.63. The van der Waals surface area contributed by atoms with Gasteiger partial charge in [0, 0.05) is 0 Å². The van der Waals surface area contributed by atoms with Gasteiger partial charge in [-0.3, -0.25) is 0 Å².